The molecule has 3 heterocycles. The molecule has 2 unspecified atom stereocenters. The van der Waals surface area contributed by atoms with Crippen molar-refractivity contribution in [2.45, 2.75) is 70.2 Å². The second-order valence-electron chi connectivity index (χ2n) is 8.89. The smallest absolute Gasteiger partial charge is 0.410 e. The molecule has 0 aliphatic carbocycles. The number of fused-ring (bicyclic) bond motifs is 3. The Balaban J connectivity index is 1.53. The van der Waals surface area contributed by atoms with Crippen molar-refractivity contribution in [3.05, 3.63) is 28.8 Å². The molecule has 8 nitrogen and oxygen atoms in total. The van der Waals surface area contributed by atoms with Crippen LogP contribution in [0.2, 0.25) is 0 Å². The number of carbonyl (C=O) groups is 1. The van der Waals surface area contributed by atoms with E-state index in [4.69, 9.17) is 9.47 Å². The summed E-state index contributed by atoms with van der Waals surface area (Å²) in [7, 11) is 1.61. The first kappa shape index (κ1) is 19.5. The third kappa shape index (κ3) is 3.88. The molecule has 2 N–H and O–H groups in total. The first-order valence-electron chi connectivity index (χ1n) is 10.1. The van der Waals surface area contributed by atoms with Gasteiger partial charge >= 0.3 is 6.09 Å². The van der Waals surface area contributed by atoms with Crippen LogP contribution >= 0.6 is 0 Å². The van der Waals surface area contributed by atoms with Gasteiger partial charge in [0.25, 0.3) is 5.56 Å². The van der Waals surface area contributed by atoms with Crippen LogP contribution < -0.4 is 15.6 Å². The number of carbonyl (C=O) groups excluding carboxylic acids is 1. The van der Waals surface area contributed by atoms with E-state index in [1.807, 2.05) is 25.7 Å². The van der Waals surface area contributed by atoms with Crippen molar-refractivity contribution >= 4 is 22.7 Å². The van der Waals surface area contributed by atoms with Gasteiger partial charge in [0.05, 0.1) is 30.0 Å². The van der Waals surface area contributed by atoms with E-state index < -0.39 is 5.60 Å². The Kier molecular flexibility index (Phi) is 4.88. The highest BCUT2D eigenvalue weighted by molar-refractivity contribution is 5.85. The summed E-state index contributed by atoms with van der Waals surface area (Å²) in [5.41, 5.74) is 0.690. The minimum absolute atomic E-state index is 0.164. The zero-order chi connectivity index (χ0) is 20.8. The molecule has 1 aromatic carbocycles. The predicted octanol–water partition coefficient (Wildman–Crippen LogP) is 3.27. The highest BCUT2D eigenvalue weighted by Crippen LogP contribution is 2.39. The third-order valence-corrected chi connectivity index (χ3v) is 5.66. The summed E-state index contributed by atoms with van der Waals surface area (Å²) in [5, 5.41) is 4.06. The number of nitrogens with zero attached hydrogens (tertiary/aromatic N) is 2. The second-order valence-corrected chi connectivity index (χ2v) is 8.89. The van der Waals surface area contributed by atoms with E-state index in [0.29, 0.717) is 16.7 Å². The van der Waals surface area contributed by atoms with E-state index in [1.54, 1.807) is 19.2 Å². The molecule has 2 atom stereocenters. The summed E-state index contributed by atoms with van der Waals surface area (Å²) in [6.07, 6.45) is 4.81. The van der Waals surface area contributed by atoms with Crippen molar-refractivity contribution < 1.29 is 14.3 Å². The highest BCUT2D eigenvalue weighted by atomic mass is 16.6. The maximum atomic E-state index is 12.6. The van der Waals surface area contributed by atoms with Gasteiger partial charge in [0.2, 0.25) is 0 Å². The van der Waals surface area contributed by atoms with E-state index in [2.05, 4.69) is 15.3 Å². The lowest BCUT2D eigenvalue weighted by Gasteiger charge is -2.40. The van der Waals surface area contributed by atoms with Crippen LogP contribution in [0, 0.1) is 0 Å². The molecule has 0 spiro atoms. The number of hydrogen-bond donors (Lipinski definition) is 2. The fourth-order valence-electron chi connectivity index (χ4n) is 4.51. The summed E-state index contributed by atoms with van der Waals surface area (Å²) in [6, 6.07) is 4.09. The van der Waals surface area contributed by atoms with Crippen molar-refractivity contribution in [1.82, 2.24) is 14.9 Å². The van der Waals surface area contributed by atoms with Crippen LogP contribution in [0.1, 0.15) is 46.5 Å². The fourth-order valence-corrected chi connectivity index (χ4v) is 4.51. The summed E-state index contributed by atoms with van der Waals surface area (Å²) in [5.74, 6) is 0.650. The number of methoxy groups -OCH3 is 1. The number of aromatic amines is 1. The highest BCUT2D eigenvalue weighted by Gasteiger charge is 2.45. The van der Waals surface area contributed by atoms with Crippen LogP contribution in [0.3, 0.4) is 0 Å². The molecule has 2 bridgehead atoms. The number of hydrogen-bond acceptors (Lipinski definition) is 6. The topological polar surface area (TPSA) is 96.5 Å². The molecule has 156 valence electrons. The maximum Gasteiger partial charge on any atom is 0.410 e. The molecule has 0 radical (unpaired) electrons. The summed E-state index contributed by atoms with van der Waals surface area (Å²) < 4.78 is 11.1. The van der Waals surface area contributed by atoms with Crippen LogP contribution in [0.15, 0.2) is 23.3 Å². The van der Waals surface area contributed by atoms with Crippen molar-refractivity contribution in [3.63, 3.8) is 0 Å². The number of anilines is 1. The van der Waals surface area contributed by atoms with Crippen LogP contribution in [-0.2, 0) is 4.74 Å². The van der Waals surface area contributed by atoms with Crippen molar-refractivity contribution in [3.8, 4) is 5.75 Å². The first-order valence-corrected chi connectivity index (χ1v) is 10.1. The van der Waals surface area contributed by atoms with Gasteiger partial charge < -0.3 is 24.7 Å². The molecule has 0 saturated carbocycles. The number of aromatic nitrogens is 2. The van der Waals surface area contributed by atoms with E-state index in [1.165, 1.54) is 6.33 Å². The number of benzene rings is 1. The predicted molar refractivity (Wildman–Crippen MR) is 110 cm³/mol. The number of rotatable bonds is 3. The normalized spacial score (nSPS) is 23.9. The Morgan fingerprint density at radius 2 is 1.93 bits per heavy atom. The summed E-state index contributed by atoms with van der Waals surface area (Å²) in [4.78, 5) is 33.5. The zero-order valence-electron chi connectivity index (χ0n) is 17.3. The van der Waals surface area contributed by atoms with E-state index >= 15 is 0 Å². The number of amides is 1. The van der Waals surface area contributed by atoms with Gasteiger partial charge in [-0.1, -0.05) is 0 Å². The van der Waals surface area contributed by atoms with Crippen LogP contribution in [0.4, 0.5) is 10.5 Å². The van der Waals surface area contributed by atoms with Crippen LogP contribution in [0.5, 0.6) is 5.75 Å². The molecule has 1 amide bonds. The van der Waals surface area contributed by atoms with E-state index in [-0.39, 0.29) is 29.8 Å². The van der Waals surface area contributed by atoms with Crippen molar-refractivity contribution in [2.24, 2.45) is 0 Å². The zero-order valence-corrected chi connectivity index (χ0v) is 17.3. The maximum absolute atomic E-state index is 12.6. The first-order chi connectivity index (χ1) is 13.7. The molecule has 4 rings (SSSR count). The fraction of sp³-hybridized carbons (Fsp3) is 0.571. The average molecular weight is 400 g/mol. The molecule has 1 aromatic heterocycles. The van der Waals surface area contributed by atoms with E-state index in [9.17, 15) is 9.59 Å². The molecule has 2 aromatic rings. The van der Waals surface area contributed by atoms with Gasteiger partial charge in [-0.05, 0) is 52.5 Å². The molecule has 2 fully saturated rings. The SMILES string of the molecule is COc1cc2nc[nH]c(=O)c2cc1NC1CC2CCC(C1)N2C(=O)OC(C)(C)C. The lowest BCUT2D eigenvalue weighted by molar-refractivity contribution is 0.00683. The molecule has 8 heteroatoms. The van der Waals surface area contributed by atoms with Crippen molar-refractivity contribution in [2.75, 3.05) is 12.4 Å². The quantitative estimate of drug-likeness (QED) is 0.821. The van der Waals surface area contributed by atoms with Gasteiger partial charge in [-0.2, -0.15) is 0 Å². The minimum Gasteiger partial charge on any atom is -0.495 e. The lowest BCUT2D eigenvalue weighted by Crippen LogP contribution is -2.51. The van der Waals surface area contributed by atoms with E-state index in [0.717, 1.165) is 31.4 Å². The second kappa shape index (κ2) is 7.24. The van der Waals surface area contributed by atoms with Crippen LogP contribution in [-0.4, -0.2) is 51.8 Å². The number of ether oxygens (including phenoxy) is 2. The average Bonchev–Trinajstić information content (AvgIpc) is 2.92. The molecule has 2 saturated heterocycles. The Morgan fingerprint density at radius 3 is 2.55 bits per heavy atom. The summed E-state index contributed by atoms with van der Waals surface area (Å²) in [6.45, 7) is 5.68. The lowest BCUT2D eigenvalue weighted by atomic mass is 9.97. The summed E-state index contributed by atoms with van der Waals surface area (Å²) >= 11 is 0. The van der Waals surface area contributed by atoms with Gasteiger partial charge in [0.1, 0.15) is 11.4 Å². The molecule has 2 aliphatic rings. The minimum atomic E-state index is -0.495. The van der Waals surface area contributed by atoms with Gasteiger partial charge in [-0.3, -0.25) is 4.79 Å². The Bertz CT molecular complexity index is 967. The number of piperidine rings is 1. The van der Waals surface area contributed by atoms with Crippen molar-refractivity contribution in [1.29, 1.82) is 0 Å². The molecular weight excluding hydrogens is 372 g/mol. The van der Waals surface area contributed by atoms with Gasteiger partial charge in [0, 0.05) is 24.2 Å². The number of H-pyrrole nitrogens is 1. The Hall–Kier alpha value is -2.77. The van der Waals surface area contributed by atoms with Crippen LogP contribution in [0.25, 0.3) is 10.9 Å². The largest absolute Gasteiger partial charge is 0.495 e. The molecule has 2 aliphatic heterocycles. The monoisotopic (exact) mass is 400 g/mol. The third-order valence-electron chi connectivity index (χ3n) is 5.66. The van der Waals surface area contributed by atoms with Gasteiger partial charge in [0.15, 0.2) is 0 Å². The Morgan fingerprint density at radius 1 is 1.24 bits per heavy atom. The van der Waals surface area contributed by atoms with Gasteiger partial charge in [-0.15, -0.1) is 0 Å². The van der Waals surface area contributed by atoms with Gasteiger partial charge in [-0.25, -0.2) is 9.78 Å². The molecule has 29 heavy (non-hydrogen) atoms. The number of nitrogens with one attached hydrogen (secondary N) is 2. The standard InChI is InChI=1S/C21H28N4O4/c1-21(2,3)29-20(27)25-13-5-6-14(25)8-12(7-13)24-17-9-15-16(10-18(17)28-4)22-11-23-19(15)26/h9-14,24H,5-8H2,1-4H3,(H,22,23,26). The Labute approximate surface area is 169 Å². The molecular formula is C21H28N4O4.